The normalized spacial score (nSPS) is 13.5. The second-order valence-corrected chi connectivity index (χ2v) is 12.7. The number of anilines is 1. The number of hydrogen-bond donors (Lipinski definition) is 1. The van der Waals surface area contributed by atoms with Gasteiger partial charge >= 0.3 is 0 Å². The van der Waals surface area contributed by atoms with Crippen LogP contribution in [0.15, 0.2) is 59.6 Å². The Balaban J connectivity index is 1.48. The maximum atomic E-state index is 13.8. The van der Waals surface area contributed by atoms with Crippen LogP contribution in [0.1, 0.15) is 68.7 Å². The summed E-state index contributed by atoms with van der Waals surface area (Å²) in [4.78, 5) is 20.0. The Bertz CT molecular complexity index is 1610. The molecular formula is C33H31Cl3N2O2S. The molecule has 8 heteroatoms. The molecule has 0 atom stereocenters. The number of ether oxygens (including phenoxy) is 1. The molecule has 1 N–H and O–H groups in total. The van der Waals surface area contributed by atoms with Gasteiger partial charge in [0.1, 0.15) is 17.4 Å². The predicted molar refractivity (Wildman–Crippen MR) is 174 cm³/mol. The minimum Gasteiger partial charge on any atom is -0.488 e. The molecule has 212 valence electrons. The highest BCUT2D eigenvalue weighted by molar-refractivity contribution is 7.16. The summed E-state index contributed by atoms with van der Waals surface area (Å²) in [6.07, 6.45) is 8.15. The zero-order valence-corrected chi connectivity index (χ0v) is 26.1. The first-order valence-electron chi connectivity index (χ1n) is 13.7. The van der Waals surface area contributed by atoms with E-state index in [-0.39, 0.29) is 12.5 Å². The largest absolute Gasteiger partial charge is 0.488 e. The Hall–Kier alpha value is -2.83. The maximum absolute atomic E-state index is 13.8. The summed E-state index contributed by atoms with van der Waals surface area (Å²) >= 11 is 20.4. The van der Waals surface area contributed by atoms with Gasteiger partial charge in [-0.1, -0.05) is 65.8 Å². The number of rotatable bonds is 7. The summed E-state index contributed by atoms with van der Waals surface area (Å²) in [5, 5.41) is 5.55. The van der Waals surface area contributed by atoms with Gasteiger partial charge in [-0.2, -0.15) is 0 Å². The highest BCUT2D eigenvalue weighted by Crippen LogP contribution is 2.40. The zero-order chi connectivity index (χ0) is 28.9. The van der Waals surface area contributed by atoms with Crippen molar-refractivity contribution in [2.24, 2.45) is 4.99 Å². The van der Waals surface area contributed by atoms with Gasteiger partial charge in [-0.25, -0.2) is 4.99 Å². The molecule has 3 aromatic carbocycles. The third kappa shape index (κ3) is 7.34. The third-order valence-corrected chi connectivity index (χ3v) is 9.23. The molecule has 0 unspecified atom stereocenters. The van der Waals surface area contributed by atoms with Gasteiger partial charge < -0.3 is 10.1 Å². The minimum absolute atomic E-state index is 0.121. The number of nitrogens with one attached hydrogen (secondary N) is 1. The molecule has 1 aromatic heterocycles. The molecule has 4 aromatic rings. The molecule has 0 saturated carbocycles. The quantitative estimate of drug-likeness (QED) is 0.208. The number of carbonyl (C=O) groups is 1. The molecule has 1 amide bonds. The second kappa shape index (κ2) is 13.4. The van der Waals surface area contributed by atoms with Crippen LogP contribution in [0.3, 0.4) is 0 Å². The number of aliphatic imine (C=N–C) groups is 1. The van der Waals surface area contributed by atoms with Crippen molar-refractivity contribution in [1.29, 1.82) is 0 Å². The molecular weight excluding hydrogens is 595 g/mol. The fourth-order valence-electron chi connectivity index (χ4n) is 4.96. The van der Waals surface area contributed by atoms with Crippen molar-refractivity contribution in [3.63, 3.8) is 0 Å². The highest BCUT2D eigenvalue weighted by atomic mass is 35.5. The minimum atomic E-state index is -0.121. The lowest BCUT2D eigenvalue weighted by atomic mass is 9.96. The van der Waals surface area contributed by atoms with Crippen molar-refractivity contribution >= 4 is 68.9 Å². The fourth-order valence-corrected chi connectivity index (χ4v) is 6.83. The van der Waals surface area contributed by atoms with Crippen LogP contribution in [0.5, 0.6) is 5.75 Å². The Kier molecular flexibility index (Phi) is 9.72. The highest BCUT2D eigenvalue weighted by Gasteiger charge is 2.24. The first kappa shape index (κ1) is 29.7. The lowest BCUT2D eigenvalue weighted by molar-refractivity contribution is 0.102. The lowest BCUT2D eigenvalue weighted by Crippen LogP contribution is -2.15. The van der Waals surface area contributed by atoms with E-state index in [4.69, 9.17) is 44.5 Å². The van der Waals surface area contributed by atoms with E-state index in [0.717, 1.165) is 53.6 Å². The van der Waals surface area contributed by atoms with Crippen LogP contribution in [-0.2, 0) is 19.4 Å². The van der Waals surface area contributed by atoms with Gasteiger partial charge in [-0.15, -0.1) is 11.3 Å². The first-order valence-corrected chi connectivity index (χ1v) is 15.7. The third-order valence-electron chi connectivity index (χ3n) is 7.21. The van der Waals surface area contributed by atoms with Crippen LogP contribution in [-0.4, -0.2) is 12.1 Å². The number of carbonyl (C=O) groups excluding carboxylic acids is 1. The van der Waals surface area contributed by atoms with Gasteiger partial charge in [-0.3, -0.25) is 4.79 Å². The molecule has 0 spiro atoms. The van der Waals surface area contributed by atoms with E-state index in [1.807, 2.05) is 50.2 Å². The summed E-state index contributed by atoms with van der Waals surface area (Å²) in [7, 11) is 0. The van der Waals surface area contributed by atoms with E-state index in [9.17, 15) is 4.79 Å². The topological polar surface area (TPSA) is 50.7 Å². The predicted octanol–water partition coefficient (Wildman–Crippen LogP) is 10.6. The number of halogens is 3. The van der Waals surface area contributed by atoms with Crippen molar-refractivity contribution in [3.05, 3.63) is 108 Å². The van der Waals surface area contributed by atoms with Gasteiger partial charge in [0.05, 0.1) is 5.56 Å². The average Bonchev–Trinajstić information content (AvgIpc) is 3.26. The second-order valence-electron chi connectivity index (χ2n) is 10.3. The number of thiophene rings is 1. The van der Waals surface area contributed by atoms with Crippen LogP contribution in [0, 0.1) is 13.8 Å². The lowest BCUT2D eigenvalue weighted by Gasteiger charge is -2.13. The molecule has 5 rings (SSSR count). The molecule has 1 heterocycles. The van der Waals surface area contributed by atoms with Crippen LogP contribution in [0.25, 0.3) is 0 Å². The monoisotopic (exact) mass is 624 g/mol. The summed E-state index contributed by atoms with van der Waals surface area (Å²) in [5.41, 5.74) is 6.27. The summed E-state index contributed by atoms with van der Waals surface area (Å²) in [6, 6.07) is 16.8. The van der Waals surface area contributed by atoms with Gasteiger partial charge in [0.2, 0.25) is 0 Å². The number of fused-ring (bicyclic) bond motifs is 1. The van der Waals surface area contributed by atoms with E-state index in [0.29, 0.717) is 36.9 Å². The molecule has 0 aliphatic heterocycles. The van der Waals surface area contributed by atoms with E-state index >= 15 is 0 Å². The zero-order valence-electron chi connectivity index (χ0n) is 23.0. The molecule has 4 nitrogen and oxygen atoms in total. The first-order chi connectivity index (χ1) is 19.8. The van der Waals surface area contributed by atoms with Gasteiger partial charge in [0, 0.05) is 43.0 Å². The average molecular weight is 626 g/mol. The molecule has 41 heavy (non-hydrogen) atoms. The molecule has 1 aliphatic rings. The standard InChI is InChI=1S/C33H31Cl3N2O2S/c1-20-9-10-21(2)28(15-20)38-32(39)31-26-7-5-3-4-6-8-30(26)41-33(31)37-18-23-16-24(34)13-14-29(23)40-19-22-11-12-25(35)17-27(22)36/h9-18H,3-8,19H2,1-2H3,(H,38,39). The SMILES string of the molecule is Cc1ccc(C)c(NC(=O)c2c(N=Cc3cc(Cl)ccc3OCc3ccc(Cl)cc3Cl)sc3c2CCCCCC3)c1. The molecule has 1 aliphatic carbocycles. The Morgan fingerprint density at radius 1 is 0.951 bits per heavy atom. The van der Waals surface area contributed by atoms with Crippen molar-refractivity contribution in [2.45, 2.75) is 59.0 Å². The van der Waals surface area contributed by atoms with Crippen molar-refractivity contribution in [2.75, 3.05) is 5.32 Å². The van der Waals surface area contributed by atoms with Gasteiger partial charge in [0.25, 0.3) is 5.91 Å². The van der Waals surface area contributed by atoms with Crippen molar-refractivity contribution in [3.8, 4) is 5.75 Å². The van der Waals surface area contributed by atoms with E-state index in [1.54, 1.807) is 35.8 Å². The van der Waals surface area contributed by atoms with Crippen LogP contribution in [0.4, 0.5) is 10.7 Å². The van der Waals surface area contributed by atoms with Crippen LogP contribution < -0.4 is 10.1 Å². The number of aryl methyl sites for hydroxylation is 3. The Morgan fingerprint density at radius 3 is 2.51 bits per heavy atom. The van der Waals surface area contributed by atoms with E-state index < -0.39 is 0 Å². The number of nitrogens with zero attached hydrogens (tertiary/aromatic N) is 1. The molecule has 0 fully saturated rings. The van der Waals surface area contributed by atoms with Crippen LogP contribution in [0.2, 0.25) is 15.1 Å². The molecule has 0 bridgehead atoms. The maximum Gasteiger partial charge on any atom is 0.259 e. The van der Waals surface area contributed by atoms with Crippen molar-refractivity contribution < 1.29 is 9.53 Å². The van der Waals surface area contributed by atoms with Crippen molar-refractivity contribution in [1.82, 2.24) is 0 Å². The molecule has 0 radical (unpaired) electrons. The number of hydrogen-bond acceptors (Lipinski definition) is 4. The fraction of sp³-hybridized carbons (Fsp3) is 0.273. The Labute approximate surface area is 260 Å². The summed E-state index contributed by atoms with van der Waals surface area (Å²) < 4.78 is 6.13. The van der Waals surface area contributed by atoms with E-state index in [1.165, 1.54) is 17.7 Å². The number of amides is 1. The smallest absolute Gasteiger partial charge is 0.259 e. The van der Waals surface area contributed by atoms with Gasteiger partial charge in [0.15, 0.2) is 0 Å². The summed E-state index contributed by atoms with van der Waals surface area (Å²) in [5.74, 6) is 0.490. The Morgan fingerprint density at radius 2 is 1.71 bits per heavy atom. The summed E-state index contributed by atoms with van der Waals surface area (Å²) in [6.45, 7) is 4.29. The van der Waals surface area contributed by atoms with E-state index in [2.05, 4.69) is 5.32 Å². The number of benzene rings is 3. The van der Waals surface area contributed by atoms with Crippen LogP contribution >= 0.6 is 46.1 Å². The molecule has 0 saturated heterocycles. The van der Waals surface area contributed by atoms with Gasteiger partial charge in [-0.05, 0) is 92.6 Å².